The first-order chi connectivity index (χ1) is 15.9. The van der Waals surface area contributed by atoms with Gasteiger partial charge in [0.25, 0.3) is 5.56 Å². The van der Waals surface area contributed by atoms with Crippen LogP contribution in [0.4, 0.5) is 13.2 Å². The molecule has 2 fully saturated rings. The van der Waals surface area contributed by atoms with Crippen LogP contribution in [0.1, 0.15) is 57.7 Å². The van der Waals surface area contributed by atoms with Crippen LogP contribution in [0.25, 0.3) is 0 Å². The molecule has 0 bridgehead atoms. The van der Waals surface area contributed by atoms with Crippen LogP contribution in [0.5, 0.6) is 0 Å². The highest BCUT2D eigenvalue weighted by Gasteiger charge is 2.51. The number of alkyl halides is 3. The third-order valence-electron chi connectivity index (χ3n) is 8.52. The third-order valence-corrected chi connectivity index (χ3v) is 8.52. The first-order valence-electron chi connectivity index (χ1n) is 12.3. The fourth-order valence-corrected chi connectivity index (χ4v) is 6.29. The first-order valence-corrected chi connectivity index (χ1v) is 12.3. The number of carbonyl (C=O) groups excluding carboxylic acids is 1. The lowest BCUT2D eigenvalue weighted by Crippen LogP contribution is -2.51. The SMILES string of the molecule is CC(C)[C@]1(C(=O)N2CCn3c(cc(C(F)(F)F)cc3=O)C2)CC[C@@H](N(C)C2CCOC[C@H]2C)C1. The second kappa shape index (κ2) is 9.30. The maximum Gasteiger partial charge on any atom is 0.416 e. The molecule has 2 aliphatic heterocycles. The molecule has 1 saturated heterocycles. The molecule has 3 heterocycles. The van der Waals surface area contributed by atoms with Crippen molar-refractivity contribution in [2.24, 2.45) is 17.3 Å². The van der Waals surface area contributed by atoms with Crippen LogP contribution in [-0.4, -0.2) is 59.2 Å². The minimum absolute atomic E-state index is 0.00883. The summed E-state index contributed by atoms with van der Waals surface area (Å²) in [7, 11) is 2.15. The summed E-state index contributed by atoms with van der Waals surface area (Å²) in [5.74, 6) is 0.550. The van der Waals surface area contributed by atoms with Crippen LogP contribution >= 0.6 is 0 Å². The Morgan fingerprint density at radius 2 is 1.97 bits per heavy atom. The maximum atomic E-state index is 13.9. The van der Waals surface area contributed by atoms with E-state index >= 15 is 0 Å². The monoisotopic (exact) mass is 483 g/mol. The molecule has 3 aliphatic rings. The predicted octanol–water partition coefficient (Wildman–Crippen LogP) is 3.76. The molecule has 4 atom stereocenters. The molecule has 6 nitrogen and oxygen atoms in total. The van der Waals surface area contributed by atoms with Gasteiger partial charge in [0.05, 0.1) is 24.1 Å². The van der Waals surface area contributed by atoms with E-state index in [1.807, 2.05) is 0 Å². The Kier molecular flexibility index (Phi) is 6.90. The molecule has 1 saturated carbocycles. The Morgan fingerprint density at radius 1 is 1.24 bits per heavy atom. The molecule has 1 aromatic rings. The number of amides is 1. The Bertz CT molecular complexity index is 976. The Morgan fingerprint density at radius 3 is 2.62 bits per heavy atom. The summed E-state index contributed by atoms with van der Waals surface area (Å²) in [5, 5.41) is 0. The normalized spacial score (nSPS) is 30.1. The number of fused-ring (bicyclic) bond motifs is 1. The number of nitrogens with zero attached hydrogens (tertiary/aromatic N) is 3. The molecule has 1 aromatic heterocycles. The highest BCUT2D eigenvalue weighted by Crippen LogP contribution is 2.48. The van der Waals surface area contributed by atoms with Gasteiger partial charge in [-0.3, -0.25) is 14.5 Å². The van der Waals surface area contributed by atoms with Crippen molar-refractivity contribution in [2.45, 2.75) is 77.8 Å². The second-order valence-corrected chi connectivity index (χ2v) is 10.7. The van der Waals surface area contributed by atoms with Gasteiger partial charge in [0.2, 0.25) is 5.91 Å². The van der Waals surface area contributed by atoms with Gasteiger partial charge in [0.15, 0.2) is 0 Å². The van der Waals surface area contributed by atoms with Crippen molar-refractivity contribution in [3.63, 3.8) is 0 Å². The lowest BCUT2D eigenvalue weighted by Gasteiger charge is -2.42. The largest absolute Gasteiger partial charge is 0.416 e. The number of aromatic nitrogens is 1. The fourth-order valence-electron chi connectivity index (χ4n) is 6.29. The molecule has 0 spiro atoms. The average molecular weight is 484 g/mol. The number of hydrogen-bond donors (Lipinski definition) is 0. The highest BCUT2D eigenvalue weighted by molar-refractivity contribution is 5.83. The van der Waals surface area contributed by atoms with E-state index in [0.717, 1.165) is 45.0 Å². The van der Waals surface area contributed by atoms with Crippen molar-refractivity contribution in [3.8, 4) is 0 Å². The van der Waals surface area contributed by atoms with Crippen molar-refractivity contribution in [3.05, 3.63) is 33.7 Å². The van der Waals surface area contributed by atoms with Crippen molar-refractivity contribution < 1.29 is 22.7 Å². The summed E-state index contributed by atoms with van der Waals surface area (Å²) in [6, 6.07) is 2.37. The van der Waals surface area contributed by atoms with Gasteiger partial charge in [0, 0.05) is 43.5 Å². The van der Waals surface area contributed by atoms with Gasteiger partial charge in [0.1, 0.15) is 0 Å². The van der Waals surface area contributed by atoms with E-state index in [1.54, 1.807) is 4.90 Å². The molecular formula is C25H36F3N3O3. The Hall–Kier alpha value is -1.87. The average Bonchev–Trinajstić information content (AvgIpc) is 3.24. The summed E-state index contributed by atoms with van der Waals surface area (Å²) in [5.41, 5.74) is -1.91. The molecule has 1 amide bonds. The Balaban J connectivity index is 1.54. The standard InChI is InChI=1S/C25H36F3N3O3/c1-16(2)24(7-5-19(13-24)29(4)21-6-10-34-15-17(21)3)23(33)30-8-9-31-20(14-30)11-18(12-22(31)32)25(26,27)28/h11-12,16-17,19,21H,5-10,13-15H2,1-4H3/t17-,19-,21?,24+/m1/s1. The number of ether oxygens (including phenoxy) is 1. The topological polar surface area (TPSA) is 54.8 Å². The van der Waals surface area contributed by atoms with E-state index in [9.17, 15) is 22.8 Å². The predicted molar refractivity (Wildman–Crippen MR) is 122 cm³/mol. The lowest BCUT2D eigenvalue weighted by atomic mass is 9.74. The molecule has 0 N–H and O–H groups in total. The van der Waals surface area contributed by atoms with Crippen molar-refractivity contribution >= 4 is 5.91 Å². The minimum atomic E-state index is -4.59. The number of pyridine rings is 1. The molecule has 34 heavy (non-hydrogen) atoms. The highest BCUT2D eigenvalue weighted by atomic mass is 19.4. The zero-order valence-corrected chi connectivity index (χ0v) is 20.5. The van der Waals surface area contributed by atoms with Gasteiger partial charge in [-0.1, -0.05) is 20.8 Å². The molecule has 9 heteroatoms. The quantitative estimate of drug-likeness (QED) is 0.655. The van der Waals surface area contributed by atoms with Crippen LogP contribution in [0.3, 0.4) is 0 Å². The van der Waals surface area contributed by atoms with Crippen molar-refractivity contribution in [1.82, 2.24) is 14.4 Å². The molecule has 1 unspecified atom stereocenters. The van der Waals surface area contributed by atoms with Crippen molar-refractivity contribution in [1.29, 1.82) is 0 Å². The first kappa shape index (κ1) is 25.2. The summed E-state index contributed by atoms with van der Waals surface area (Å²) < 4.78 is 46.8. The molecule has 0 aromatic carbocycles. The Labute approximate surface area is 199 Å². The van der Waals surface area contributed by atoms with Gasteiger partial charge in [-0.25, -0.2) is 0 Å². The number of rotatable bonds is 4. The van der Waals surface area contributed by atoms with E-state index in [4.69, 9.17) is 4.74 Å². The maximum absolute atomic E-state index is 13.9. The van der Waals surface area contributed by atoms with Crippen LogP contribution in [0.2, 0.25) is 0 Å². The van der Waals surface area contributed by atoms with Gasteiger partial charge < -0.3 is 14.2 Å². The summed E-state index contributed by atoms with van der Waals surface area (Å²) >= 11 is 0. The molecule has 0 radical (unpaired) electrons. The zero-order valence-electron chi connectivity index (χ0n) is 20.5. The summed E-state index contributed by atoms with van der Waals surface area (Å²) in [4.78, 5) is 30.3. The lowest BCUT2D eigenvalue weighted by molar-refractivity contribution is -0.146. The minimum Gasteiger partial charge on any atom is -0.381 e. The molecule has 1 aliphatic carbocycles. The molecular weight excluding hydrogens is 447 g/mol. The van der Waals surface area contributed by atoms with Gasteiger partial charge in [-0.15, -0.1) is 0 Å². The van der Waals surface area contributed by atoms with Gasteiger partial charge in [-0.2, -0.15) is 13.2 Å². The smallest absolute Gasteiger partial charge is 0.381 e. The van der Waals surface area contributed by atoms with Crippen molar-refractivity contribution in [2.75, 3.05) is 26.8 Å². The van der Waals surface area contributed by atoms with E-state index in [2.05, 4.69) is 32.7 Å². The van der Waals surface area contributed by atoms with Gasteiger partial charge >= 0.3 is 6.18 Å². The number of hydrogen-bond acceptors (Lipinski definition) is 4. The number of halogens is 3. The van der Waals surface area contributed by atoms with Gasteiger partial charge in [-0.05, 0) is 50.6 Å². The van der Waals surface area contributed by atoms with E-state index in [1.165, 1.54) is 4.57 Å². The van der Waals surface area contributed by atoms with Crippen LogP contribution in [-0.2, 0) is 28.8 Å². The number of carbonyl (C=O) groups is 1. The van der Waals surface area contributed by atoms with E-state index < -0.39 is 22.7 Å². The third kappa shape index (κ3) is 4.53. The van der Waals surface area contributed by atoms with E-state index in [0.29, 0.717) is 24.6 Å². The molecule has 190 valence electrons. The van der Waals surface area contributed by atoms with E-state index in [-0.39, 0.29) is 36.7 Å². The van der Waals surface area contributed by atoms with Crippen LogP contribution in [0, 0.1) is 17.3 Å². The summed E-state index contributed by atoms with van der Waals surface area (Å²) in [6.45, 7) is 8.44. The fraction of sp³-hybridized carbons (Fsp3) is 0.760. The van der Waals surface area contributed by atoms with Crippen LogP contribution < -0.4 is 5.56 Å². The molecule has 4 rings (SSSR count). The summed E-state index contributed by atoms with van der Waals surface area (Å²) in [6.07, 6.45) is -1.18. The van der Waals surface area contributed by atoms with Crippen LogP contribution in [0.15, 0.2) is 16.9 Å². The second-order valence-electron chi connectivity index (χ2n) is 10.7. The zero-order chi connectivity index (χ0) is 24.8.